The average Bonchev–Trinajstić information content (AvgIpc) is 3.30. The fourth-order valence-electron chi connectivity index (χ4n) is 4.51. The molecule has 2 amide bonds. The molecule has 0 aromatic heterocycles. The molecule has 30 heavy (non-hydrogen) atoms. The quantitative estimate of drug-likeness (QED) is 0.686. The van der Waals surface area contributed by atoms with Gasteiger partial charge in [0.2, 0.25) is 11.8 Å². The van der Waals surface area contributed by atoms with Gasteiger partial charge in [-0.2, -0.15) is 0 Å². The third-order valence-corrected chi connectivity index (χ3v) is 6.25. The van der Waals surface area contributed by atoms with Crippen LogP contribution in [-0.4, -0.2) is 17.9 Å². The van der Waals surface area contributed by atoms with Crippen LogP contribution in [-0.2, 0) is 9.59 Å². The molecule has 5 nitrogen and oxygen atoms in total. The number of ether oxygens (including phenoxy) is 1. The van der Waals surface area contributed by atoms with Crippen molar-refractivity contribution in [1.82, 2.24) is 5.32 Å². The van der Waals surface area contributed by atoms with E-state index in [4.69, 9.17) is 4.74 Å². The summed E-state index contributed by atoms with van der Waals surface area (Å²) in [5, 5.41) is 6.25. The molecule has 2 aliphatic carbocycles. The molecule has 0 unspecified atom stereocenters. The minimum absolute atomic E-state index is 0.0108. The van der Waals surface area contributed by atoms with E-state index in [1.54, 1.807) is 0 Å². The van der Waals surface area contributed by atoms with E-state index in [0.29, 0.717) is 5.75 Å². The SMILES string of the molecule is O=C(Nc1cccc(Oc2ccccc2)c1)C1CCC(NC(=O)C2CCCC2)CC1. The van der Waals surface area contributed by atoms with E-state index < -0.39 is 0 Å². The van der Waals surface area contributed by atoms with Crippen LogP contribution in [0.2, 0.25) is 0 Å². The number of anilines is 1. The highest BCUT2D eigenvalue weighted by molar-refractivity contribution is 5.92. The number of hydrogen-bond donors (Lipinski definition) is 2. The average molecular weight is 407 g/mol. The third kappa shape index (κ3) is 5.41. The Morgan fingerprint density at radius 1 is 0.733 bits per heavy atom. The summed E-state index contributed by atoms with van der Waals surface area (Å²) in [6, 6.07) is 17.3. The molecule has 0 aliphatic heterocycles. The Morgan fingerprint density at radius 3 is 2.13 bits per heavy atom. The lowest BCUT2D eigenvalue weighted by atomic mass is 9.85. The van der Waals surface area contributed by atoms with Crippen molar-refractivity contribution in [3.63, 3.8) is 0 Å². The highest BCUT2D eigenvalue weighted by Crippen LogP contribution is 2.29. The Bertz CT molecular complexity index is 854. The summed E-state index contributed by atoms with van der Waals surface area (Å²) in [7, 11) is 0. The summed E-state index contributed by atoms with van der Waals surface area (Å²) in [5.74, 6) is 1.92. The van der Waals surface area contributed by atoms with E-state index in [9.17, 15) is 9.59 Å². The van der Waals surface area contributed by atoms with Crippen LogP contribution >= 0.6 is 0 Å². The predicted octanol–water partition coefficient (Wildman–Crippen LogP) is 5.28. The Labute approximate surface area is 178 Å². The van der Waals surface area contributed by atoms with Crippen molar-refractivity contribution in [2.45, 2.75) is 57.4 Å². The summed E-state index contributed by atoms with van der Waals surface area (Å²) in [5.41, 5.74) is 0.741. The molecular weight excluding hydrogens is 376 g/mol. The number of carbonyl (C=O) groups is 2. The van der Waals surface area contributed by atoms with Gasteiger partial charge in [0.05, 0.1) is 0 Å². The maximum Gasteiger partial charge on any atom is 0.227 e. The number of benzene rings is 2. The van der Waals surface area contributed by atoms with Crippen LogP contribution in [0.25, 0.3) is 0 Å². The smallest absolute Gasteiger partial charge is 0.227 e. The van der Waals surface area contributed by atoms with E-state index in [1.807, 2.05) is 54.6 Å². The van der Waals surface area contributed by atoms with Crippen LogP contribution in [0.3, 0.4) is 0 Å². The fourth-order valence-corrected chi connectivity index (χ4v) is 4.51. The first-order valence-electron chi connectivity index (χ1n) is 11.1. The highest BCUT2D eigenvalue weighted by atomic mass is 16.5. The lowest BCUT2D eigenvalue weighted by Gasteiger charge is -2.29. The number of rotatable bonds is 6. The number of amides is 2. The van der Waals surface area contributed by atoms with Crippen molar-refractivity contribution in [3.05, 3.63) is 54.6 Å². The maximum atomic E-state index is 12.7. The van der Waals surface area contributed by atoms with E-state index in [2.05, 4.69) is 10.6 Å². The summed E-state index contributed by atoms with van der Waals surface area (Å²) >= 11 is 0. The molecule has 2 aromatic carbocycles. The van der Waals surface area contributed by atoms with Crippen molar-refractivity contribution in [3.8, 4) is 11.5 Å². The molecule has 0 saturated heterocycles. The van der Waals surface area contributed by atoms with Crippen molar-refractivity contribution >= 4 is 17.5 Å². The van der Waals surface area contributed by atoms with Gasteiger partial charge in [-0.05, 0) is 62.8 Å². The molecule has 2 saturated carbocycles. The normalized spacial score (nSPS) is 21.7. The van der Waals surface area contributed by atoms with Crippen molar-refractivity contribution in [2.24, 2.45) is 11.8 Å². The Morgan fingerprint density at radius 2 is 1.40 bits per heavy atom. The maximum absolute atomic E-state index is 12.7. The first-order valence-corrected chi connectivity index (χ1v) is 11.1. The Kier molecular flexibility index (Phi) is 6.67. The van der Waals surface area contributed by atoms with Crippen molar-refractivity contribution in [1.29, 1.82) is 0 Å². The van der Waals surface area contributed by atoms with Crippen LogP contribution < -0.4 is 15.4 Å². The van der Waals surface area contributed by atoms with Gasteiger partial charge in [0.15, 0.2) is 0 Å². The summed E-state index contributed by atoms with van der Waals surface area (Å²) in [4.78, 5) is 25.1. The molecule has 2 fully saturated rings. The molecule has 2 aliphatic rings. The molecule has 2 N–H and O–H groups in total. The van der Waals surface area contributed by atoms with Gasteiger partial charge in [-0.3, -0.25) is 9.59 Å². The van der Waals surface area contributed by atoms with Gasteiger partial charge in [-0.1, -0.05) is 37.1 Å². The second-order valence-corrected chi connectivity index (χ2v) is 8.47. The van der Waals surface area contributed by atoms with Crippen molar-refractivity contribution in [2.75, 3.05) is 5.32 Å². The highest BCUT2D eigenvalue weighted by Gasteiger charge is 2.29. The first kappa shape index (κ1) is 20.5. The topological polar surface area (TPSA) is 67.4 Å². The molecule has 158 valence electrons. The minimum atomic E-state index is -0.0108. The van der Waals surface area contributed by atoms with E-state index in [1.165, 1.54) is 12.8 Å². The second kappa shape index (κ2) is 9.79. The zero-order valence-corrected chi connectivity index (χ0v) is 17.3. The molecule has 5 heteroatoms. The van der Waals surface area contributed by atoms with Gasteiger partial charge < -0.3 is 15.4 Å². The molecule has 4 rings (SSSR count). The standard InChI is InChI=1S/C25H30N2O3/c28-24(18-7-4-5-8-18)26-20-15-13-19(14-16-20)25(29)27-21-9-6-12-23(17-21)30-22-10-2-1-3-11-22/h1-3,6,9-12,17-20H,4-5,7-8,13-16H2,(H,26,28)(H,27,29). The van der Waals surface area contributed by atoms with Gasteiger partial charge in [0.25, 0.3) is 0 Å². The third-order valence-electron chi connectivity index (χ3n) is 6.25. The minimum Gasteiger partial charge on any atom is -0.457 e. The predicted molar refractivity (Wildman–Crippen MR) is 117 cm³/mol. The van der Waals surface area contributed by atoms with Crippen LogP contribution in [0.1, 0.15) is 51.4 Å². The molecule has 0 bridgehead atoms. The Hall–Kier alpha value is -2.82. The van der Waals surface area contributed by atoms with Gasteiger partial charge in [0.1, 0.15) is 11.5 Å². The van der Waals surface area contributed by atoms with Gasteiger partial charge in [-0.15, -0.1) is 0 Å². The summed E-state index contributed by atoms with van der Waals surface area (Å²) < 4.78 is 5.85. The van der Waals surface area contributed by atoms with Crippen molar-refractivity contribution < 1.29 is 14.3 Å². The van der Waals surface area contributed by atoms with Crippen LogP contribution in [0.15, 0.2) is 54.6 Å². The monoisotopic (exact) mass is 406 g/mol. The summed E-state index contributed by atoms with van der Waals surface area (Å²) in [6.07, 6.45) is 7.74. The molecule has 0 heterocycles. The molecule has 0 atom stereocenters. The first-order chi connectivity index (χ1) is 14.7. The van der Waals surface area contributed by atoms with Crippen LogP contribution in [0.4, 0.5) is 5.69 Å². The number of para-hydroxylation sites is 1. The molecule has 2 aromatic rings. The van der Waals surface area contributed by atoms with Gasteiger partial charge in [0, 0.05) is 29.6 Å². The molecule has 0 radical (unpaired) electrons. The number of nitrogens with one attached hydrogen (secondary N) is 2. The van der Waals surface area contributed by atoms with Gasteiger partial charge in [-0.25, -0.2) is 0 Å². The van der Waals surface area contributed by atoms with E-state index in [-0.39, 0.29) is 29.7 Å². The molecular formula is C25H30N2O3. The van der Waals surface area contributed by atoms with Crippen LogP contribution in [0, 0.1) is 11.8 Å². The summed E-state index contributed by atoms with van der Waals surface area (Å²) in [6.45, 7) is 0. The van der Waals surface area contributed by atoms with E-state index in [0.717, 1.165) is 50.0 Å². The van der Waals surface area contributed by atoms with Gasteiger partial charge >= 0.3 is 0 Å². The largest absolute Gasteiger partial charge is 0.457 e. The second-order valence-electron chi connectivity index (χ2n) is 8.47. The Balaban J connectivity index is 1.25. The zero-order chi connectivity index (χ0) is 20.8. The lowest BCUT2D eigenvalue weighted by Crippen LogP contribution is -2.41. The van der Waals surface area contributed by atoms with Crippen LogP contribution in [0.5, 0.6) is 11.5 Å². The molecule has 0 spiro atoms. The lowest BCUT2D eigenvalue weighted by molar-refractivity contribution is -0.125. The zero-order valence-electron chi connectivity index (χ0n) is 17.3. The fraction of sp³-hybridized carbons (Fsp3) is 0.440. The van der Waals surface area contributed by atoms with E-state index >= 15 is 0 Å². The number of carbonyl (C=O) groups excluding carboxylic acids is 2. The number of hydrogen-bond acceptors (Lipinski definition) is 3.